The van der Waals surface area contributed by atoms with Crippen LogP contribution in [0.25, 0.3) is 0 Å². The fraction of sp³-hybridized carbons (Fsp3) is 0.409. The van der Waals surface area contributed by atoms with Gasteiger partial charge in [-0.25, -0.2) is 0 Å². The summed E-state index contributed by atoms with van der Waals surface area (Å²) in [6, 6.07) is 13.5. The molecule has 1 amide bonds. The molecule has 1 unspecified atom stereocenters. The predicted molar refractivity (Wildman–Crippen MR) is 113 cm³/mol. The van der Waals surface area contributed by atoms with Gasteiger partial charge in [0.2, 0.25) is 5.91 Å². The van der Waals surface area contributed by atoms with Crippen LogP contribution in [0, 0.1) is 6.92 Å². The Balaban J connectivity index is 1.46. The van der Waals surface area contributed by atoms with Crippen LogP contribution >= 0.6 is 15.9 Å². The number of halogens is 1. The lowest BCUT2D eigenvalue weighted by atomic mass is 10.2. The largest absolute Gasteiger partial charge is 0.494 e. The van der Waals surface area contributed by atoms with Gasteiger partial charge in [-0.3, -0.25) is 4.79 Å². The third kappa shape index (κ3) is 6.53. The molecule has 6 heteroatoms. The lowest BCUT2D eigenvalue weighted by Crippen LogP contribution is -2.18. The lowest BCUT2D eigenvalue weighted by molar-refractivity contribution is -0.116. The van der Waals surface area contributed by atoms with E-state index in [9.17, 15) is 4.79 Å². The molecule has 0 aliphatic carbocycles. The molecule has 0 radical (unpaired) electrons. The van der Waals surface area contributed by atoms with E-state index in [0.29, 0.717) is 37.5 Å². The van der Waals surface area contributed by atoms with Crippen molar-refractivity contribution >= 4 is 27.5 Å². The zero-order valence-corrected chi connectivity index (χ0v) is 17.7. The summed E-state index contributed by atoms with van der Waals surface area (Å²) in [6.45, 7) is 3.80. The summed E-state index contributed by atoms with van der Waals surface area (Å²) < 4.78 is 18.2. The fourth-order valence-electron chi connectivity index (χ4n) is 3.00. The van der Waals surface area contributed by atoms with Gasteiger partial charge in [-0.1, -0.05) is 28.1 Å². The number of nitrogens with one attached hydrogen (secondary N) is 1. The molecule has 1 N–H and O–H groups in total. The fourth-order valence-corrected chi connectivity index (χ4v) is 3.38. The van der Waals surface area contributed by atoms with Crippen LogP contribution in [0.15, 0.2) is 46.9 Å². The third-order valence-corrected chi connectivity index (χ3v) is 4.97. The number of ether oxygens (including phenoxy) is 3. The number of aryl methyl sites for hydroxylation is 1. The summed E-state index contributed by atoms with van der Waals surface area (Å²) in [5.74, 6) is 1.43. The maximum Gasteiger partial charge on any atom is 0.224 e. The molecule has 1 atom stereocenters. The molecular weight excluding hydrogens is 422 g/mol. The van der Waals surface area contributed by atoms with E-state index < -0.39 is 0 Å². The first-order chi connectivity index (χ1) is 13.6. The van der Waals surface area contributed by atoms with E-state index in [0.717, 1.165) is 35.2 Å². The molecule has 2 aromatic carbocycles. The van der Waals surface area contributed by atoms with E-state index >= 15 is 0 Å². The van der Waals surface area contributed by atoms with Crippen molar-refractivity contribution in [3.8, 4) is 11.5 Å². The third-order valence-electron chi connectivity index (χ3n) is 4.47. The summed E-state index contributed by atoms with van der Waals surface area (Å²) in [4.78, 5) is 12.3. The molecule has 150 valence electrons. The monoisotopic (exact) mass is 447 g/mol. The van der Waals surface area contributed by atoms with E-state index in [2.05, 4.69) is 21.2 Å². The minimum absolute atomic E-state index is 0.0522. The molecule has 3 rings (SSSR count). The van der Waals surface area contributed by atoms with Crippen molar-refractivity contribution in [3.63, 3.8) is 0 Å². The topological polar surface area (TPSA) is 56.8 Å². The van der Waals surface area contributed by atoms with Crippen molar-refractivity contribution in [1.82, 2.24) is 0 Å². The SMILES string of the molecule is Cc1ccc(NC(=O)CCCOc2cccc(Br)c2)c(OCC2CCCO2)c1. The number of benzene rings is 2. The van der Waals surface area contributed by atoms with Gasteiger partial charge in [-0.2, -0.15) is 0 Å². The molecule has 0 bridgehead atoms. The van der Waals surface area contributed by atoms with Gasteiger partial charge in [0, 0.05) is 17.5 Å². The molecule has 1 aliphatic rings. The molecule has 2 aromatic rings. The summed E-state index contributed by atoms with van der Waals surface area (Å²) in [5.41, 5.74) is 1.78. The number of carbonyl (C=O) groups is 1. The highest BCUT2D eigenvalue weighted by atomic mass is 79.9. The van der Waals surface area contributed by atoms with Gasteiger partial charge < -0.3 is 19.5 Å². The first-order valence-corrected chi connectivity index (χ1v) is 10.4. The standard InChI is InChI=1S/C22H26BrNO4/c1-16-9-10-20(21(13-16)28-15-19-7-3-11-27-19)24-22(25)8-4-12-26-18-6-2-5-17(23)14-18/h2,5-6,9-10,13-14,19H,3-4,7-8,11-12,15H2,1H3,(H,24,25). The van der Waals surface area contributed by atoms with Crippen LogP contribution in [0.3, 0.4) is 0 Å². The van der Waals surface area contributed by atoms with Crippen molar-refractivity contribution < 1.29 is 19.0 Å². The zero-order valence-electron chi connectivity index (χ0n) is 16.1. The number of rotatable bonds is 9. The van der Waals surface area contributed by atoms with Crippen LogP contribution < -0.4 is 14.8 Å². The minimum Gasteiger partial charge on any atom is -0.494 e. The highest BCUT2D eigenvalue weighted by molar-refractivity contribution is 9.10. The average molecular weight is 448 g/mol. The van der Waals surface area contributed by atoms with Crippen LogP contribution in [-0.4, -0.2) is 31.8 Å². The Hall–Kier alpha value is -2.05. The second-order valence-electron chi connectivity index (χ2n) is 6.90. The molecule has 5 nitrogen and oxygen atoms in total. The van der Waals surface area contributed by atoms with Gasteiger partial charge in [0.25, 0.3) is 0 Å². The van der Waals surface area contributed by atoms with Crippen molar-refractivity contribution in [2.75, 3.05) is 25.1 Å². The smallest absolute Gasteiger partial charge is 0.224 e. The Morgan fingerprint density at radius 1 is 1.25 bits per heavy atom. The van der Waals surface area contributed by atoms with E-state index in [1.54, 1.807) is 0 Å². The Labute approximate surface area is 174 Å². The van der Waals surface area contributed by atoms with Crippen LogP contribution in [0.5, 0.6) is 11.5 Å². The van der Waals surface area contributed by atoms with Crippen LogP contribution in [0.2, 0.25) is 0 Å². The quantitative estimate of drug-likeness (QED) is 0.542. The molecule has 1 saturated heterocycles. The maximum absolute atomic E-state index is 12.3. The second-order valence-corrected chi connectivity index (χ2v) is 7.82. The van der Waals surface area contributed by atoms with E-state index in [4.69, 9.17) is 14.2 Å². The van der Waals surface area contributed by atoms with Gasteiger partial charge in [0.05, 0.1) is 18.4 Å². The molecule has 1 fully saturated rings. The first kappa shape index (κ1) is 20.7. The van der Waals surface area contributed by atoms with E-state index in [-0.39, 0.29) is 12.0 Å². The highest BCUT2D eigenvalue weighted by Crippen LogP contribution is 2.27. The van der Waals surface area contributed by atoms with E-state index in [1.165, 1.54) is 0 Å². The average Bonchev–Trinajstić information content (AvgIpc) is 3.19. The number of amides is 1. The highest BCUT2D eigenvalue weighted by Gasteiger charge is 2.17. The number of carbonyl (C=O) groups excluding carboxylic acids is 1. The molecule has 1 heterocycles. The van der Waals surface area contributed by atoms with Gasteiger partial charge >= 0.3 is 0 Å². The Morgan fingerprint density at radius 2 is 2.14 bits per heavy atom. The van der Waals surface area contributed by atoms with Crippen LogP contribution in [-0.2, 0) is 9.53 Å². The van der Waals surface area contributed by atoms with Gasteiger partial charge in [-0.15, -0.1) is 0 Å². The van der Waals surface area contributed by atoms with Gasteiger partial charge in [0.1, 0.15) is 18.1 Å². The van der Waals surface area contributed by atoms with Crippen molar-refractivity contribution in [1.29, 1.82) is 0 Å². The van der Waals surface area contributed by atoms with Crippen molar-refractivity contribution in [3.05, 3.63) is 52.5 Å². The van der Waals surface area contributed by atoms with Gasteiger partial charge in [-0.05, 0) is 62.1 Å². The normalized spacial score (nSPS) is 16.0. The maximum atomic E-state index is 12.3. The molecule has 0 saturated carbocycles. The van der Waals surface area contributed by atoms with E-state index in [1.807, 2.05) is 49.4 Å². The lowest BCUT2D eigenvalue weighted by Gasteiger charge is -2.16. The van der Waals surface area contributed by atoms with Crippen molar-refractivity contribution in [2.24, 2.45) is 0 Å². The summed E-state index contributed by atoms with van der Waals surface area (Å²) in [7, 11) is 0. The van der Waals surface area contributed by atoms with Gasteiger partial charge in [0.15, 0.2) is 0 Å². The number of anilines is 1. The summed E-state index contributed by atoms with van der Waals surface area (Å²) in [6.07, 6.45) is 3.25. The van der Waals surface area contributed by atoms with Crippen LogP contribution in [0.1, 0.15) is 31.2 Å². The molecule has 0 aromatic heterocycles. The Bertz CT molecular complexity index is 790. The number of hydrogen-bond donors (Lipinski definition) is 1. The molecule has 0 spiro atoms. The Kier molecular flexibility index (Phi) is 7.74. The Morgan fingerprint density at radius 3 is 2.93 bits per heavy atom. The van der Waals surface area contributed by atoms with Crippen molar-refractivity contribution in [2.45, 2.75) is 38.7 Å². The number of hydrogen-bond acceptors (Lipinski definition) is 4. The summed E-state index contributed by atoms with van der Waals surface area (Å²) >= 11 is 3.41. The minimum atomic E-state index is -0.0522. The molecular formula is C22H26BrNO4. The summed E-state index contributed by atoms with van der Waals surface area (Å²) in [5, 5.41) is 2.95. The predicted octanol–water partition coefficient (Wildman–Crippen LogP) is 5.11. The molecule has 28 heavy (non-hydrogen) atoms. The second kappa shape index (κ2) is 10.5. The zero-order chi connectivity index (χ0) is 19.8. The first-order valence-electron chi connectivity index (χ1n) is 9.63. The molecule has 1 aliphatic heterocycles. The van der Waals surface area contributed by atoms with Crippen LogP contribution in [0.4, 0.5) is 5.69 Å².